The molecule has 1 fully saturated rings. The van der Waals surface area contributed by atoms with E-state index in [0.717, 1.165) is 36.4 Å². The summed E-state index contributed by atoms with van der Waals surface area (Å²) in [5.41, 5.74) is 6.44. The van der Waals surface area contributed by atoms with Crippen molar-refractivity contribution < 1.29 is 4.79 Å². The van der Waals surface area contributed by atoms with E-state index in [0.29, 0.717) is 0 Å². The molecule has 0 spiro atoms. The molecule has 5 heteroatoms. The maximum Gasteiger partial charge on any atom is 0.222 e. The Balaban J connectivity index is 1.92. The fourth-order valence-electron chi connectivity index (χ4n) is 2.50. The number of nitrogens with two attached hydrogens (primary N) is 1. The molecular weight excluding hydrogens is 246 g/mol. The Hall–Kier alpha value is -1.62. The van der Waals surface area contributed by atoms with Gasteiger partial charge in [-0.05, 0) is 36.5 Å². The van der Waals surface area contributed by atoms with Gasteiger partial charge in [0.1, 0.15) is 5.00 Å². The van der Waals surface area contributed by atoms with Crippen LogP contribution in [0.25, 0.3) is 10.9 Å². The highest BCUT2D eigenvalue weighted by Gasteiger charge is 2.25. The van der Waals surface area contributed by atoms with Crippen molar-refractivity contribution in [3.05, 3.63) is 24.3 Å². The van der Waals surface area contributed by atoms with Crippen molar-refractivity contribution in [2.75, 3.05) is 18.0 Å². The van der Waals surface area contributed by atoms with Crippen LogP contribution in [0.5, 0.6) is 0 Å². The van der Waals surface area contributed by atoms with E-state index in [-0.39, 0.29) is 11.8 Å². The second kappa shape index (κ2) is 4.57. The molecule has 18 heavy (non-hydrogen) atoms. The summed E-state index contributed by atoms with van der Waals surface area (Å²) in [6.45, 7) is 1.71. The van der Waals surface area contributed by atoms with Crippen LogP contribution in [0.3, 0.4) is 0 Å². The predicted octanol–water partition coefficient (Wildman–Crippen LogP) is 2.00. The molecule has 1 aromatic carbocycles. The molecule has 94 valence electrons. The van der Waals surface area contributed by atoms with Crippen molar-refractivity contribution >= 4 is 33.3 Å². The molecule has 2 N–H and O–H groups in total. The molecule has 1 atom stereocenters. The highest BCUT2D eigenvalue weighted by atomic mass is 32.1. The van der Waals surface area contributed by atoms with Gasteiger partial charge in [-0.1, -0.05) is 12.1 Å². The van der Waals surface area contributed by atoms with Crippen molar-refractivity contribution in [1.82, 2.24) is 4.37 Å². The first-order valence-electron chi connectivity index (χ1n) is 6.14. The summed E-state index contributed by atoms with van der Waals surface area (Å²) in [7, 11) is 0. The van der Waals surface area contributed by atoms with Gasteiger partial charge in [-0.15, -0.1) is 0 Å². The molecule has 3 rings (SSSR count). The average molecular weight is 261 g/mol. The van der Waals surface area contributed by atoms with Gasteiger partial charge in [0, 0.05) is 18.5 Å². The molecule has 2 heterocycles. The number of anilines is 1. The molecule has 1 aliphatic rings. The lowest BCUT2D eigenvalue weighted by Gasteiger charge is -2.31. The van der Waals surface area contributed by atoms with Crippen LogP contribution in [0.2, 0.25) is 0 Å². The third kappa shape index (κ3) is 1.95. The SMILES string of the molecule is NC(=O)[C@H]1CCCN(c2snc3ccccc23)C1. The van der Waals surface area contributed by atoms with Gasteiger partial charge in [-0.3, -0.25) is 4.79 Å². The number of benzene rings is 1. The fraction of sp³-hybridized carbons (Fsp3) is 0.385. The molecule has 1 amide bonds. The smallest absolute Gasteiger partial charge is 0.222 e. The Morgan fingerprint density at radius 1 is 1.44 bits per heavy atom. The summed E-state index contributed by atoms with van der Waals surface area (Å²) >= 11 is 1.51. The second-order valence-corrected chi connectivity index (χ2v) is 5.44. The monoisotopic (exact) mass is 261 g/mol. The van der Waals surface area contributed by atoms with E-state index in [1.807, 2.05) is 18.2 Å². The van der Waals surface area contributed by atoms with Gasteiger partial charge >= 0.3 is 0 Å². The van der Waals surface area contributed by atoms with E-state index >= 15 is 0 Å². The maximum absolute atomic E-state index is 11.3. The lowest BCUT2D eigenvalue weighted by molar-refractivity contribution is -0.122. The van der Waals surface area contributed by atoms with Crippen molar-refractivity contribution in [3.63, 3.8) is 0 Å². The Labute approximate surface area is 110 Å². The van der Waals surface area contributed by atoms with Gasteiger partial charge in [-0.2, -0.15) is 4.37 Å². The molecule has 0 radical (unpaired) electrons. The minimum Gasteiger partial charge on any atom is -0.369 e. The molecule has 0 unspecified atom stereocenters. The quantitative estimate of drug-likeness (QED) is 0.899. The first-order valence-corrected chi connectivity index (χ1v) is 6.92. The molecule has 0 aliphatic carbocycles. The lowest BCUT2D eigenvalue weighted by atomic mass is 9.97. The largest absolute Gasteiger partial charge is 0.369 e. The van der Waals surface area contributed by atoms with Crippen molar-refractivity contribution in [2.24, 2.45) is 11.7 Å². The van der Waals surface area contributed by atoms with Gasteiger partial charge in [0.05, 0.1) is 11.4 Å². The summed E-state index contributed by atoms with van der Waals surface area (Å²) in [6, 6.07) is 8.12. The number of hydrogen-bond donors (Lipinski definition) is 1. The molecule has 1 aromatic heterocycles. The third-order valence-electron chi connectivity index (χ3n) is 3.48. The third-order valence-corrected chi connectivity index (χ3v) is 4.41. The van der Waals surface area contributed by atoms with Gasteiger partial charge in [-0.25, -0.2) is 0 Å². The number of carbonyl (C=O) groups excluding carboxylic acids is 1. The highest BCUT2D eigenvalue weighted by molar-refractivity contribution is 7.11. The van der Waals surface area contributed by atoms with Crippen LogP contribution < -0.4 is 10.6 Å². The minimum atomic E-state index is -0.187. The predicted molar refractivity (Wildman–Crippen MR) is 73.8 cm³/mol. The molecule has 1 saturated heterocycles. The number of aromatic nitrogens is 1. The van der Waals surface area contributed by atoms with E-state index in [9.17, 15) is 4.79 Å². The van der Waals surface area contributed by atoms with E-state index in [1.165, 1.54) is 16.9 Å². The van der Waals surface area contributed by atoms with Crippen LogP contribution in [0.4, 0.5) is 5.00 Å². The first kappa shape index (κ1) is 11.5. The van der Waals surface area contributed by atoms with Crippen molar-refractivity contribution in [1.29, 1.82) is 0 Å². The zero-order chi connectivity index (χ0) is 12.5. The second-order valence-electron chi connectivity index (χ2n) is 4.69. The molecule has 0 bridgehead atoms. The number of piperidine rings is 1. The lowest BCUT2D eigenvalue weighted by Crippen LogP contribution is -2.40. The zero-order valence-corrected chi connectivity index (χ0v) is 10.8. The van der Waals surface area contributed by atoms with E-state index in [2.05, 4.69) is 15.3 Å². The first-order chi connectivity index (χ1) is 8.75. The highest BCUT2D eigenvalue weighted by Crippen LogP contribution is 2.33. The summed E-state index contributed by atoms with van der Waals surface area (Å²) in [4.78, 5) is 13.6. The van der Waals surface area contributed by atoms with Crippen LogP contribution in [-0.2, 0) is 4.79 Å². The van der Waals surface area contributed by atoms with Crippen LogP contribution in [0, 0.1) is 5.92 Å². The molecule has 0 saturated carbocycles. The number of amides is 1. The number of primary amides is 1. The summed E-state index contributed by atoms with van der Waals surface area (Å²) in [5, 5.41) is 2.34. The molecule has 4 nitrogen and oxygen atoms in total. The Kier molecular flexibility index (Phi) is 2.91. The van der Waals surface area contributed by atoms with Crippen LogP contribution in [0.15, 0.2) is 24.3 Å². The molecule has 2 aromatic rings. The van der Waals surface area contributed by atoms with Crippen molar-refractivity contribution in [2.45, 2.75) is 12.8 Å². The van der Waals surface area contributed by atoms with Gasteiger partial charge in [0.15, 0.2) is 0 Å². The van der Waals surface area contributed by atoms with Crippen LogP contribution in [-0.4, -0.2) is 23.4 Å². The van der Waals surface area contributed by atoms with Crippen LogP contribution >= 0.6 is 11.5 Å². The van der Waals surface area contributed by atoms with Gasteiger partial charge < -0.3 is 10.6 Å². The van der Waals surface area contributed by atoms with E-state index < -0.39 is 0 Å². The average Bonchev–Trinajstić information content (AvgIpc) is 2.82. The summed E-state index contributed by atoms with van der Waals surface area (Å²) in [5.74, 6) is -0.215. The standard InChI is InChI=1S/C13H15N3OS/c14-12(17)9-4-3-7-16(8-9)13-10-5-1-2-6-11(10)15-18-13/h1-2,5-6,9H,3-4,7-8H2,(H2,14,17)/t9-/m0/s1. The molecular formula is C13H15N3OS. The number of carbonyl (C=O) groups is 1. The Bertz CT molecular complexity index is 580. The summed E-state index contributed by atoms with van der Waals surface area (Å²) in [6.07, 6.45) is 1.92. The van der Waals surface area contributed by atoms with Gasteiger partial charge in [0.25, 0.3) is 0 Å². The van der Waals surface area contributed by atoms with E-state index in [1.54, 1.807) is 0 Å². The molecule has 1 aliphatic heterocycles. The number of rotatable bonds is 2. The normalized spacial score (nSPS) is 20.2. The number of nitrogens with zero attached hydrogens (tertiary/aromatic N) is 2. The van der Waals surface area contributed by atoms with E-state index in [4.69, 9.17) is 5.73 Å². The van der Waals surface area contributed by atoms with Crippen molar-refractivity contribution in [3.8, 4) is 0 Å². The Morgan fingerprint density at radius 2 is 2.28 bits per heavy atom. The fourth-order valence-corrected chi connectivity index (χ4v) is 3.39. The number of fused-ring (bicyclic) bond motifs is 1. The number of hydrogen-bond acceptors (Lipinski definition) is 4. The Morgan fingerprint density at radius 3 is 3.11 bits per heavy atom. The zero-order valence-electron chi connectivity index (χ0n) is 10.0. The summed E-state index contributed by atoms with van der Waals surface area (Å²) < 4.78 is 4.45. The maximum atomic E-state index is 11.3. The van der Waals surface area contributed by atoms with Crippen LogP contribution in [0.1, 0.15) is 12.8 Å². The minimum absolute atomic E-state index is 0.0281. The topological polar surface area (TPSA) is 59.2 Å². The van der Waals surface area contributed by atoms with Gasteiger partial charge in [0.2, 0.25) is 5.91 Å².